The van der Waals surface area contributed by atoms with Gasteiger partial charge in [0.2, 0.25) is 0 Å². The maximum atomic E-state index is 5.75. The van der Waals surface area contributed by atoms with Gasteiger partial charge in [0.25, 0.3) is 0 Å². The van der Waals surface area contributed by atoms with Gasteiger partial charge in [0.15, 0.2) is 0 Å². The van der Waals surface area contributed by atoms with Crippen molar-refractivity contribution in [3.8, 4) is 0 Å². The molecular weight excluding hydrogens is 302 g/mol. The highest BCUT2D eigenvalue weighted by molar-refractivity contribution is 9.10. The molecule has 0 aromatic heterocycles. The summed E-state index contributed by atoms with van der Waals surface area (Å²) in [7, 11) is 0. The molecular formula is C16H26BrNO. The van der Waals surface area contributed by atoms with Crippen LogP contribution in [-0.2, 0) is 17.9 Å². The molecule has 0 saturated heterocycles. The second kappa shape index (κ2) is 8.03. The van der Waals surface area contributed by atoms with E-state index in [4.69, 9.17) is 4.74 Å². The molecule has 19 heavy (non-hydrogen) atoms. The van der Waals surface area contributed by atoms with Crippen molar-refractivity contribution in [1.29, 1.82) is 0 Å². The molecule has 0 heterocycles. The van der Waals surface area contributed by atoms with Gasteiger partial charge in [0.05, 0.1) is 6.61 Å². The molecule has 0 radical (unpaired) electrons. The van der Waals surface area contributed by atoms with Gasteiger partial charge in [-0.3, -0.25) is 0 Å². The number of ether oxygens (including phenoxy) is 1. The molecule has 3 heteroatoms. The second-order valence-electron chi connectivity index (χ2n) is 6.07. The van der Waals surface area contributed by atoms with E-state index in [1.54, 1.807) is 0 Å². The van der Waals surface area contributed by atoms with Crippen LogP contribution in [0.1, 0.15) is 45.2 Å². The highest BCUT2D eigenvalue weighted by Crippen LogP contribution is 2.21. The molecule has 1 aromatic carbocycles. The molecule has 0 atom stereocenters. The second-order valence-corrected chi connectivity index (χ2v) is 6.92. The van der Waals surface area contributed by atoms with Crippen molar-refractivity contribution < 1.29 is 4.74 Å². The molecule has 0 bridgehead atoms. The first-order chi connectivity index (χ1) is 8.92. The summed E-state index contributed by atoms with van der Waals surface area (Å²) in [5.41, 5.74) is 2.86. The van der Waals surface area contributed by atoms with Crippen LogP contribution < -0.4 is 5.32 Å². The largest absolute Gasteiger partial charge is 0.377 e. The molecule has 0 saturated carbocycles. The quantitative estimate of drug-likeness (QED) is 0.744. The van der Waals surface area contributed by atoms with Gasteiger partial charge in [-0.2, -0.15) is 0 Å². The highest BCUT2D eigenvalue weighted by atomic mass is 79.9. The molecule has 0 aliphatic carbocycles. The van der Waals surface area contributed by atoms with E-state index >= 15 is 0 Å². The van der Waals surface area contributed by atoms with Crippen molar-refractivity contribution >= 4 is 15.9 Å². The lowest BCUT2D eigenvalue weighted by Crippen LogP contribution is -2.12. The summed E-state index contributed by atoms with van der Waals surface area (Å²) in [5, 5.41) is 3.33. The number of nitrogens with one attached hydrogen (secondary N) is 1. The molecule has 0 unspecified atom stereocenters. The number of hydrogen-bond donors (Lipinski definition) is 1. The Morgan fingerprint density at radius 1 is 1.26 bits per heavy atom. The van der Waals surface area contributed by atoms with Crippen molar-refractivity contribution in [2.75, 3.05) is 13.2 Å². The maximum absolute atomic E-state index is 5.75. The Hall–Kier alpha value is -0.380. The number of rotatable bonds is 7. The highest BCUT2D eigenvalue weighted by Gasteiger charge is 2.09. The summed E-state index contributed by atoms with van der Waals surface area (Å²) in [5.74, 6) is 0. The third-order valence-corrected chi connectivity index (χ3v) is 3.69. The number of hydrogen-bond acceptors (Lipinski definition) is 2. The van der Waals surface area contributed by atoms with Crippen LogP contribution in [0.15, 0.2) is 22.7 Å². The van der Waals surface area contributed by atoms with Gasteiger partial charge >= 0.3 is 0 Å². The topological polar surface area (TPSA) is 21.3 Å². The van der Waals surface area contributed by atoms with Crippen molar-refractivity contribution in [2.45, 2.75) is 47.3 Å². The van der Waals surface area contributed by atoms with E-state index in [9.17, 15) is 0 Å². The van der Waals surface area contributed by atoms with E-state index in [0.29, 0.717) is 12.0 Å². The van der Waals surface area contributed by atoms with Crippen LogP contribution in [0.25, 0.3) is 0 Å². The van der Waals surface area contributed by atoms with Crippen LogP contribution >= 0.6 is 15.9 Å². The molecule has 0 amide bonds. The zero-order valence-corrected chi connectivity index (χ0v) is 14.1. The average Bonchev–Trinajstić information content (AvgIpc) is 2.32. The van der Waals surface area contributed by atoms with Gasteiger partial charge in [0.1, 0.15) is 0 Å². The van der Waals surface area contributed by atoms with Crippen molar-refractivity contribution in [3.05, 3.63) is 33.8 Å². The Balaban J connectivity index is 2.42. The number of benzene rings is 1. The predicted molar refractivity (Wildman–Crippen MR) is 85.3 cm³/mol. The minimum atomic E-state index is 0.340. The van der Waals surface area contributed by atoms with Gasteiger partial charge in [-0.05, 0) is 35.6 Å². The minimum Gasteiger partial charge on any atom is -0.377 e. The summed E-state index contributed by atoms with van der Waals surface area (Å²) < 4.78 is 6.89. The van der Waals surface area contributed by atoms with E-state index in [-0.39, 0.29) is 0 Å². The molecule has 2 nitrogen and oxygen atoms in total. The molecule has 1 rings (SSSR count). The molecule has 1 aromatic rings. The Kier molecular flexibility index (Phi) is 7.05. The van der Waals surface area contributed by atoms with E-state index in [1.165, 1.54) is 11.1 Å². The SMILES string of the molecule is CCNCc1ccc(COCCC(C)(C)C)c(Br)c1. The van der Waals surface area contributed by atoms with Gasteiger partial charge in [-0.25, -0.2) is 0 Å². The lowest BCUT2D eigenvalue weighted by atomic mass is 9.93. The average molecular weight is 328 g/mol. The summed E-state index contributed by atoms with van der Waals surface area (Å²) in [6, 6.07) is 6.48. The van der Waals surface area contributed by atoms with Gasteiger partial charge in [-0.1, -0.05) is 55.8 Å². The normalized spacial score (nSPS) is 11.8. The van der Waals surface area contributed by atoms with Crippen LogP contribution in [0.2, 0.25) is 0 Å². The Morgan fingerprint density at radius 3 is 2.58 bits per heavy atom. The fraction of sp³-hybridized carbons (Fsp3) is 0.625. The fourth-order valence-electron chi connectivity index (χ4n) is 1.65. The fourth-order valence-corrected chi connectivity index (χ4v) is 2.19. The third kappa shape index (κ3) is 7.09. The summed E-state index contributed by atoms with van der Waals surface area (Å²) in [6.07, 6.45) is 1.09. The van der Waals surface area contributed by atoms with Crippen molar-refractivity contribution in [2.24, 2.45) is 5.41 Å². The van der Waals surface area contributed by atoms with E-state index in [0.717, 1.165) is 30.6 Å². The smallest absolute Gasteiger partial charge is 0.0727 e. The summed E-state index contributed by atoms with van der Waals surface area (Å²) >= 11 is 3.62. The summed E-state index contributed by atoms with van der Waals surface area (Å²) in [6.45, 7) is 12.2. The number of halogens is 1. The minimum absolute atomic E-state index is 0.340. The zero-order valence-electron chi connectivity index (χ0n) is 12.6. The monoisotopic (exact) mass is 327 g/mol. The lowest BCUT2D eigenvalue weighted by Gasteiger charge is -2.17. The molecule has 108 valence electrons. The Labute approximate surface area is 126 Å². The first-order valence-corrected chi connectivity index (χ1v) is 7.77. The Bertz CT molecular complexity index is 385. The van der Waals surface area contributed by atoms with Crippen LogP contribution in [-0.4, -0.2) is 13.2 Å². The van der Waals surface area contributed by atoms with Gasteiger partial charge in [0, 0.05) is 17.6 Å². The van der Waals surface area contributed by atoms with Crippen LogP contribution in [0.4, 0.5) is 0 Å². The lowest BCUT2D eigenvalue weighted by molar-refractivity contribution is 0.0959. The van der Waals surface area contributed by atoms with Crippen LogP contribution in [0.3, 0.4) is 0 Å². The maximum Gasteiger partial charge on any atom is 0.0727 e. The van der Waals surface area contributed by atoms with Crippen molar-refractivity contribution in [1.82, 2.24) is 5.32 Å². The summed E-state index contributed by atoms with van der Waals surface area (Å²) in [4.78, 5) is 0. The van der Waals surface area contributed by atoms with Gasteiger partial charge < -0.3 is 10.1 Å². The molecule has 0 aliphatic heterocycles. The standard InChI is InChI=1S/C16H26BrNO/c1-5-18-11-13-6-7-14(15(17)10-13)12-19-9-8-16(2,3)4/h6-7,10,18H,5,8-9,11-12H2,1-4H3. The molecule has 0 fully saturated rings. The van der Waals surface area contributed by atoms with E-state index in [1.807, 2.05) is 0 Å². The first-order valence-electron chi connectivity index (χ1n) is 6.98. The van der Waals surface area contributed by atoms with Crippen LogP contribution in [0, 0.1) is 5.41 Å². The van der Waals surface area contributed by atoms with Gasteiger partial charge in [-0.15, -0.1) is 0 Å². The zero-order chi connectivity index (χ0) is 14.3. The molecule has 0 aliphatic rings. The Morgan fingerprint density at radius 2 is 2.00 bits per heavy atom. The molecule has 1 N–H and O–H groups in total. The van der Waals surface area contributed by atoms with Crippen molar-refractivity contribution in [3.63, 3.8) is 0 Å². The first kappa shape index (κ1) is 16.7. The van der Waals surface area contributed by atoms with E-state index in [2.05, 4.69) is 67.1 Å². The third-order valence-electron chi connectivity index (χ3n) is 2.95. The predicted octanol–water partition coefficient (Wildman–Crippen LogP) is 4.51. The van der Waals surface area contributed by atoms with E-state index < -0.39 is 0 Å². The van der Waals surface area contributed by atoms with Crippen LogP contribution in [0.5, 0.6) is 0 Å². The molecule has 0 spiro atoms.